The molecule has 0 bridgehead atoms. The molecule has 1 aromatic carbocycles. The van der Waals surface area contributed by atoms with Gasteiger partial charge in [0.05, 0.1) is 12.6 Å². The van der Waals surface area contributed by atoms with Gasteiger partial charge in [0.1, 0.15) is 10.9 Å². The Hall–Kier alpha value is -1.19. The van der Waals surface area contributed by atoms with Crippen molar-refractivity contribution in [1.29, 1.82) is 0 Å². The summed E-state index contributed by atoms with van der Waals surface area (Å²) in [4.78, 5) is 0. The van der Waals surface area contributed by atoms with E-state index in [1.807, 2.05) is 28.8 Å². The lowest BCUT2D eigenvalue weighted by atomic mass is 10.2. The first-order valence-corrected chi connectivity index (χ1v) is 5.17. The third-order valence-electron chi connectivity index (χ3n) is 2.41. The Balaban J connectivity index is 2.61. The van der Waals surface area contributed by atoms with Crippen molar-refractivity contribution < 1.29 is 4.74 Å². The third kappa shape index (κ3) is 1.80. The molecule has 80 valence electrons. The van der Waals surface area contributed by atoms with Crippen LogP contribution in [0, 0.1) is 0 Å². The van der Waals surface area contributed by atoms with Gasteiger partial charge in [-0.1, -0.05) is 11.6 Å². The van der Waals surface area contributed by atoms with Crippen molar-refractivity contribution in [1.82, 2.24) is 4.57 Å². The summed E-state index contributed by atoms with van der Waals surface area (Å²) >= 11 is 6.11. The molecule has 0 fully saturated rings. The van der Waals surface area contributed by atoms with E-state index in [2.05, 4.69) is 0 Å². The number of fused-ring (bicyclic) bond motifs is 1. The first-order chi connectivity index (χ1) is 7.26. The fourth-order valence-electron chi connectivity index (χ4n) is 1.68. The topological polar surface area (TPSA) is 40.2 Å². The first-order valence-electron chi connectivity index (χ1n) is 4.79. The predicted octanol–water partition coefficient (Wildman–Crippen LogP) is 2.26. The van der Waals surface area contributed by atoms with Crippen molar-refractivity contribution in [2.45, 2.75) is 6.54 Å². The molecule has 1 aromatic heterocycles. The van der Waals surface area contributed by atoms with Crippen LogP contribution in [0.4, 0.5) is 0 Å². The normalized spacial score (nSPS) is 10.9. The predicted molar refractivity (Wildman–Crippen MR) is 62.6 cm³/mol. The van der Waals surface area contributed by atoms with E-state index in [1.165, 1.54) is 0 Å². The summed E-state index contributed by atoms with van der Waals surface area (Å²) in [5, 5.41) is 1.82. The molecule has 15 heavy (non-hydrogen) atoms. The number of nitrogens with zero attached hydrogens (tertiary/aromatic N) is 1. The average Bonchev–Trinajstić information content (AvgIpc) is 2.55. The fraction of sp³-hybridized carbons (Fsp3) is 0.273. The molecule has 0 aliphatic carbocycles. The molecule has 0 saturated heterocycles. The smallest absolute Gasteiger partial charge is 0.120 e. The number of aromatic nitrogens is 1. The van der Waals surface area contributed by atoms with Crippen LogP contribution in [0.3, 0.4) is 0 Å². The maximum atomic E-state index is 6.11. The van der Waals surface area contributed by atoms with Gasteiger partial charge in [-0.05, 0) is 18.2 Å². The number of hydrogen-bond acceptors (Lipinski definition) is 2. The number of benzene rings is 1. The standard InChI is InChI=1S/C11H13ClN2O/c1-15-9-3-2-8-6-11(12)14(5-4-13)10(8)7-9/h2-3,6-7H,4-5,13H2,1H3. The molecule has 0 spiro atoms. The first kappa shape index (κ1) is 10.3. The number of nitrogens with two attached hydrogens (primary N) is 1. The number of hydrogen-bond donors (Lipinski definition) is 1. The zero-order valence-corrected chi connectivity index (χ0v) is 9.29. The van der Waals surface area contributed by atoms with E-state index < -0.39 is 0 Å². The summed E-state index contributed by atoms with van der Waals surface area (Å²) in [6.07, 6.45) is 0. The molecule has 0 aliphatic rings. The van der Waals surface area contributed by atoms with Crippen LogP contribution in [0.1, 0.15) is 0 Å². The molecule has 0 aliphatic heterocycles. The van der Waals surface area contributed by atoms with E-state index in [0.717, 1.165) is 23.2 Å². The Kier molecular flexibility index (Phi) is 2.84. The molecule has 0 atom stereocenters. The quantitative estimate of drug-likeness (QED) is 0.869. The van der Waals surface area contributed by atoms with Crippen molar-refractivity contribution in [2.75, 3.05) is 13.7 Å². The highest BCUT2D eigenvalue weighted by atomic mass is 35.5. The highest BCUT2D eigenvalue weighted by Crippen LogP contribution is 2.26. The summed E-state index contributed by atoms with van der Waals surface area (Å²) in [5.41, 5.74) is 6.60. The second-order valence-electron chi connectivity index (χ2n) is 3.33. The fourth-order valence-corrected chi connectivity index (χ4v) is 1.98. The molecule has 3 nitrogen and oxygen atoms in total. The van der Waals surface area contributed by atoms with Crippen LogP contribution in [0.5, 0.6) is 5.75 Å². The Morgan fingerprint density at radius 2 is 2.20 bits per heavy atom. The van der Waals surface area contributed by atoms with Gasteiger partial charge in [-0.2, -0.15) is 0 Å². The van der Waals surface area contributed by atoms with Crippen LogP contribution in [0.25, 0.3) is 10.9 Å². The lowest BCUT2D eigenvalue weighted by molar-refractivity contribution is 0.415. The summed E-state index contributed by atoms with van der Waals surface area (Å²) < 4.78 is 7.16. The van der Waals surface area contributed by atoms with E-state index in [0.29, 0.717) is 11.7 Å². The Labute approximate surface area is 93.4 Å². The van der Waals surface area contributed by atoms with Crippen LogP contribution in [0.2, 0.25) is 5.15 Å². The van der Waals surface area contributed by atoms with Gasteiger partial charge in [-0.3, -0.25) is 0 Å². The second kappa shape index (κ2) is 4.13. The maximum Gasteiger partial charge on any atom is 0.120 e. The zero-order chi connectivity index (χ0) is 10.8. The highest BCUT2D eigenvalue weighted by molar-refractivity contribution is 6.31. The molecule has 2 aromatic rings. The van der Waals surface area contributed by atoms with Crippen molar-refractivity contribution in [2.24, 2.45) is 5.73 Å². The van der Waals surface area contributed by atoms with Crippen LogP contribution in [0.15, 0.2) is 24.3 Å². The van der Waals surface area contributed by atoms with Gasteiger partial charge in [0.25, 0.3) is 0 Å². The molecule has 4 heteroatoms. The van der Waals surface area contributed by atoms with Crippen LogP contribution in [-0.2, 0) is 6.54 Å². The van der Waals surface area contributed by atoms with Crippen molar-refractivity contribution >= 4 is 22.5 Å². The highest BCUT2D eigenvalue weighted by Gasteiger charge is 2.06. The van der Waals surface area contributed by atoms with Gasteiger partial charge in [-0.15, -0.1) is 0 Å². The van der Waals surface area contributed by atoms with Gasteiger partial charge >= 0.3 is 0 Å². The molecule has 0 saturated carbocycles. The van der Waals surface area contributed by atoms with Crippen molar-refractivity contribution in [3.63, 3.8) is 0 Å². The number of rotatable bonds is 3. The molecular formula is C11H13ClN2O. The van der Waals surface area contributed by atoms with Crippen LogP contribution < -0.4 is 10.5 Å². The molecule has 2 rings (SSSR count). The molecule has 1 heterocycles. The van der Waals surface area contributed by atoms with Crippen molar-refractivity contribution in [3.8, 4) is 5.75 Å². The van der Waals surface area contributed by atoms with Crippen molar-refractivity contribution in [3.05, 3.63) is 29.4 Å². The summed E-state index contributed by atoms with van der Waals surface area (Å²) in [5.74, 6) is 0.829. The van der Waals surface area contributed by atoms with Gasteiger partial charge in [-0.25, -0.2) is 0 Å². The summed E-state index contributed by atoms with van der Waals surface area (Å²) in [6.45, 7) is 1.29. The maximum absolute atomic E-state index is 6.11. The Bertz CT molecular complexity index is 479. The number of ether oxygens (including phenoxy) is 1. The SMILES string of the molecule is COc1ccc2cc(Cl)n(CCN)c2c1. The average molecular weight is 225 g/mol. The summed E-state index contributed by atoms with van der Waals surface area (Å²) in [7, 11) is 1.65. The van der Waals surface area contributed by atoms with Gasteiger partial charge < -0.3 is 15.0 Å². The minimum Gasteiger partial charge on any atom is -0.497 e. The van der Waals surface area contributed by atoms with E-state index in [4.69, 9.17) is 22.1 Å². The minimum atomic E-state index is 0.570. The number of methoxy groups -OCH3 is 1. The molecular weight excluding hydrogens is 212 g/mol. The van der Waals surface area contributed by atoms with E-state index >= 15 is 0 Å². The lowest BCUT2D eigenvalue weighted by Gasteiger charge is -2.05. The van der Waals surface area contributed by atoms with Crippen LogP contribution in [-0.4, -0.2) is 18.2 Å². The summed E-state index contributed by atoms with van der Waals surface area (Å²) in [6, 6.07) is 7.82. The Morgan fingerprint density at radius 1 is 1.40 bits per heavy atom. The minimum absolute atomic E-state index is 0.570. The van der Waals surface area contributed by atoms with Gasteiger partial charge in [0, 0.05) is 24.5 Å². The molecule has 0 unspecified atom stereocenters. The third-order valence-corrected chi connectivity index (χ3v) is 2.73. The number of halogens is 1. The van der Waals surface area contributed by atoms with E-state index in [1.54, 1.807) is 7.11 Å². The Morgan fingerprint density at radius 3 is 2.87 bits per heavy atom. The molecule has 0 amide bonds. The van der Waals surface area contributed by atoms with Gasteiger partial charge in [0.2, 0.25) is 0 Å². The zero-order valence-electron chi connectivity index (χ0n) is 8.53. The van der Waals surface area contributed by atoms with E-state index in [9.17, 15) is 0 Å². The van der Waals surface area contributed by atoms with Gasteiger partial charge in [0.15, 0.2) is 0 Å². The van der Waals surface area contributed by atoms with Crippen LogP contribution >= 0.6 is 11.6 Å². The monoisotopic (exact) mass is 224 g/mol. The molecule has 2 N–H and O–H groups in total. The van der Waals surface area contributed by atoms with E-state index in [-0.39, 0.29) is 0 Å². The largest absolute Gasteiger partial charge is 0.497 e. The molecule has 0 radical (unpaired) electrons. The second-order valence-corrected chi connectivity index (χ2v) is 3.72. The lowest BCUT2D eigenvalue weighted by Crippen LogP contribution is -2.09.